The predicted octanol–water partition coefficient (Wildman–Crippen LogP) is 2.38. The molecule has 2 aromatic rings. The lowest BCUT2D eigenvalue weighted by molar-refractivity contribution is -0.115. The van der Waals surface area contributed by atoms with Crippen LogP contribution < -0.4 is 25.8 Å². The Hall–Kier alpha value is -3.22. The van der Waals surface area contributed by atoms with Gasteiger partial charge in [0.1, 0.15) is 0 Å². The third-order valence-electron chi connectivity index (χ3n) is 3.23. The second-order valence-corrected chi connectivity index (χ2v) is 4.98. The number of urea groups is 1. The molecule has 0 aliphatic heterocycles. The van der Waals surface area contributed by atoms with E-state index in [1.165, 1.54) is 0 Å². The van der Waals surface area contributed by atoms with Crippen LogP contribution in [-0.4, -0.2) is 26.2 Å². The lowest BCUT2D eigenvalue weighted by atomic mass is 10.1. The Morgan fingerprint density at radius 3 is 2.25 bits per heavy atom. The topological polar surface area (TPSA) is 103 Å². The van der Waals surface area contributed by atoms with Crippen LogP contribution in [0.15, 0.2) is 42.5 Å². The molecule has 0 atom stereocenters. The number of ether oxygens (including phenoxy) is 2. The maximum atomic E-state index is 12.2. The molecule has 0 saturated carbocycles. The van der Waals surface area contributed by atoms with Gasteiger partial charge in [0.25, 0.3) is 0 Å². The maximum absolute atomic E-state index is 12.2. The molecule has 4 N–H and O–H groups in total. The zero-order valence-corrected chi connectivity index (χ0v) is 13.5. The summed E-state index contributed by atoms with van der Waals surface area (Å²) in [5.74, 6) is 0.973. The first-order valence-corrected chi connectivity index (χ1v) is 7.19. The first-order chi connectivity index (χ1) is 11.5. The Balaban J connectivity index is 2.04. The summed E-state index contributed by atoms with van der Waals surface area (Å²) in [6.45, 7) is 0. The highest BCUT2D eigenvalue weighted by molar-refractivity contribution is 5.94. The molecule has 0 spiro atoms. The zero-order chi connectivity index (χ0) is 17.5. The largest absolute Gasteiger partial charge is 0.493 e. The zero-order valence-electron chi connectivity index (χ0n) is 13.5. The second kappa shape index (κ2) is 7.87. The minimum atomic E-state index is -0.663. The third-order valence-corrected chi connectivity index (χ3v) is 3.23. The summed E-state index contributed by atoms with van der Waals surface area (Å²) in [6.07, 6.45) is 0.174. The van der Waals surface area contributed by atoms with Gasteiger partial charge >= 0.3 is 6.03 Å². The van der Waals surface area contributed by atoms with E-state index in [0.717, 1.165) is 5.56 Å². The molecule has 0 aliphatic rings. The monoisotopic (exact) mass is 329 g/mol. The summed E-state index contributed by atoms with van der Waals surface area (Å²) in [7, 11) is 3.09. The van der Waals surface area contributed by atoms with Crippen molar-refractivity contribution in [3.05, 3.63) is 48.0 Å². The van der Waals surface area contributed by atoms with Crippen molar-refractivity contribution < 1.29 is 19.1 Å². The number of hydrogen-bond acceptors (Lipinski definition) is 4. The molecular formula is C17H19N3O4. The van der Waals surface area contributed by atoms with E-state index >= 15 is 0 Å². The Morgan fingerprint density at radius 1 is 0.958 bits per heavy atom. The van der Waals surface area contributed by atoms with Crippen molar-refractivity contribution in [1.29, 1.82) is 0 Å². The third kappa shape index (κ3) is 4.64. The SMILES string of the molecule is COc1ccc(CC(=O)Nc2cccc(NC(N)=O)c2)cc1OC. The number of carbonyl (C=O) groups excluding carboxylic acids is 2. The molecule has 0 saturated heterocycles. The molecular weight excluding hydrogens is 310 g/mol. The fraction of sp³-hybridized carbons (Fsp3) is 0.176. The Bertz CT molecular complexity index is 746. The van der Waals surface area contributed by atoms with Crippen LogP contribution in [0, 0.1) is 0 Å². The Kier molecular flexibility index (Phi) is 5.62. The van der Waals surface area contributed by atoms with Gasteiger partial charge in [0.05, 0.1) is 20.6 Å². The van der Waals surface area contributed by atoms with Crippen LogP contribution in [0.5, 0.6) is 11.5 Å². The molecule has 0 unspecified atom stereocenters. The van der Waals surface area contributed by atoms with E-state index in [-0.39, 0.29) is 12.3 Å². The minimum Gasteiger partial charge on any atom is -0.493 e. The van der Waals surface area contributed by atoms with E-state index < -0.39 is 6.03 Å². The number of primary amides is 1. The van der Waals surface area contributed by atoms with E-state index in [1.54, 1.807) is 56.7 Å². The molecule has 0 aromatic heterocycles. The van der Waals surface area contributed by atoms with Crippen molar-refractivity contribution in [2.75, 3.05) is 24.9 Å². The van der Waals surface area contributed by atoms with Gasteiger partial charge in [-0.1, -0.05) is 12.1 Å². The molecule has 2 rings (SSSR count). The molecule has 7 heteroatoms. The summed E-state index contributed by atoms with van der Waals surface area (Å²) in [5, 5.41) is 5.22. The summed E-state index contributed by atoms with van der Waals surface area (Å²) < 4.78 is 10.4. The van der Waals surface area contributed by atoms with Crippen LogP contribution >= 0.6 is 0 Å². The average Bonchev–Trinajstić information content (AvgIpc) is 2.54. The number of carbonyl (C=O) groups is 2. The summed E-state index contributed by atoms with van der Waals surface area (Å²) in [6, 6.07) is 11.4. The van der Waals surface area contributed by atoms with Gasteiger partial charge in [-0.15, -0.1) is 0 Å². The van der Waals surface area contributed by atoms with Crippen LogP contribution in [0.1, 0.15) is 5.56 Å². The maximum Gasteiger partial charge on any atom is 0.316 e. The fourth-order valence-electron chi connectivity index (χ4n) is 2.20. The number of nitrogens with two attached hydrogens (primary N) is 1. The van der Waals surface area contributed by atoms with Crippen molar-refractivity contribution in [1.82, 2.24) is 0 Å². The van der Waals surface area contributed by atoms with E-state index in [2.05, 4.69) is 10.6 Å². The normalized spacial score (nSPS) is 9.92. The molecule has 3 amide bonds. The van der Waals surface area contributed by atoms with Crippen molar-refractivity contribution >= 4 is 23.3 Å². The van der Waals surface area contributed by atoms with Crippen molar-refractivity contribution in [3.63, 3.8) is 0 Å². The van der Waals surface area contributed by atoms with Gasteiger partial charge in [0, 0.05) is 11.4 Å². The standard InChI is InChI=1S/C17H19N3O4/c1-23-14-7-6-11(8-15(14)24-2)9-16(21)19-12-4-3-5-13(10-12)20-17(18)22/h3-8,10H,9H2,1-2H3,(H,19,21)(H3,18,20,22). The van der Waals surface area contributed by atoms with Gasteiger partial charge < -0.3 is 25.8 Å². The lowest BCUT2D eigenvalue weighted by Crippen LogP contribution is -2.19. The average molecular weight is 329 g/mol. The van der Waals surface area contributed by atoms with Crippen molar-refractivity contribution in [3.8, 4) is 11.5 Å². The summed E-state index contributed by atoms with van der Waals surface area (Å²) >= 11 is 0. The van der Waals surface area contributed by atoms with E-state index in [4.69, 9.17) is 15.2 Å². The van der Waals surface area contributed by atoms with Gasteiger partial charge in [-0.25, -0.2) is 4.79 Å². The van der Waals surface area contributed by atoms with Gasteiger partial charge in [0.2, 0.25) is 5.91 Å². The molecule has 126 valence electrons. The van der Waals surface area contributed by atoms with Gasteiger partial charge in [0.15, 0.2) is 11.5 Å². The molecule has 7 nitrogen and oxygen atoms in total. The number of rotatable bonds is 6. The van der Waals surface area contributed by atoms with Crippen molar-refractivity contribution in [2.24, 2.45) is 5.73 Å². The molecule has 0 heterocycles. The highest BCUT2D eigenvalue weighted by Crippen LogP contribution is 2.27. The van der Waals surface area contributed by atoms with Crippen LogP contribution in [0.2, 0.25) is 0 Å². The van der Waals surface area contributed by atoms with Gasteiger partial charge in [-0.2, -0.15) is 0 Å². The van der Waals surface area contributed by atoms with Gasteiger partial charge in [-0.05, 0) is 35.9 Å². The quantitative estimate of drug-likeness (QED) is 0.757. The Morgan fingerprint density at radius 2 is 1.62 bits per heavy atom. The number of benzene rings is 2. The fourth-order valence-corrected chi connectivity index (χ4v) is 2.20. The highest BCUT2D eigenvalue weighted by Gasteiger charge is 2.09. The first kappa shape index (κ1) is 17.1. The van der Waals surface area contributed by atoms with Gasteiger partial charge in [-0.3, -0.25) is 4.79 Å². The number of methoxy groups -OCH3 is 2. The Labute approximate surface area is 139 Å². The molecule has 0 aliphatic carbocycles. The number of amides is 3. The van der Waals surface area contributed by atoms with E-state index in [1.807, 2.05) is 0 Å². The van der Waals surface area contributed by atoms with Crippen LogP contribution in [0.25, 0.3) is 0 Å². The smallest absolute Gasteiger partial charge is 0.316 e. The van der Waals surface area contributed by atoms with E-state index in [0.29, 0.717) is 22.9 Å². The molecule has 24 heavy (non-hydrogen) atoms. The number of anilines is 2. The summed E-state index contributed by atoms with van der Waals surface area (Å²) in [5.41, 5.74) is 6.93. The predicted molar refractivity (Wildman–Crippen MR) is 91.5 cm³/mol. The molecule has 2 aromatic carbocycles. The second-order valence-electron chi connectivity index (χ2n) is 4.98. The summed E-state index contributed by atoms with van der Waals surface area (Å²) in [4.78, 5) is 23.0. The van der Waals surface area contributed by atoms with Crippen LogP contribution in [0.3, 0.4) is 0 Å². The molecule has 0 bridgehead atoms. The molecule has 0 fully saturated rings. The first-order valence-electron chi connectivity index (χ1n) is 7.19. The van der Waals surface area contributed by atoms with Crippen LogP contribution in [-0.2, 0) is 11.2 Å². The number of hydrogen-bond donors (Lipinski definition) is 3. The highest BCUT2D eigenvalue weighted by atomic mass is 16.5. The lowest BCUT2D eigenvalue weighted by Gasteiger charge is -2.10. The number of nitrogens with one attached hydrogen (secondary N) is 2. The molecule has 0 radical (unpaired) electrons. The van der Waals surface area contributed by atoms with Crippen molar-refractivity contribution in [2.45, 2.75) is 6.42 Å². The minimum absolute atomic E-state index is 0.174. The van der Waals surface area contributed by atoms with Crippen LogP contribution in [0.4, 0.5) is 16.2 Å². The van der Waals surface area contributed by atoms with E-state index in [9.17, 15) is 9.59 Å².